The molecule has 0 spiro atoms. The van der Waals surface area contributed by atoms with Crippen LogP contribution in [0.2, 0.25) is 0 Å². The van der Waals surface area contributed by atoms with Crippen LogP contribution in [0.15, 0.2) is 47.6 Å². The molecule has 0 saturated carbocycles. The molecule has 0 aromatic carbocycles. The lowest BCUT2D eigenvalue weighted by atomic mass is 9.87. The van der Waals surface area contributed by atoms with Gasteiger partial charge in [-0.1, -0.05) is 42.0 Å². The van der Waals surface area contributed by atoms with Crippen LogP contribution in [0.4, 0.5) is 0 Å². The fraction of sp³-hybridized carbons (Fsp3) is 0.600. The molecule has 0 amide bonds. The molecule has 0 fully saturated rings. The third-order valence-electron chi connectivity index (χ3n) is 4.48. The highest BCUT2D eigenvalue weighted by Crippen LogP contribution is 2.25. The second-order valence-electron chi connectivity index (χ2n) is 7.23. The van der Waals surface area contributed by atoms with Crippen LogP contribution < -0.4 is 0 Å². The summed E-state index contributed by atoms with van der Waals surface area (Å²) in [5.41, 5.74) is 1.96. The number of hydrogen-bond acceptors (Lipinski definition) is 3. The van der Waals surface area contributed by atoms with Gasteiger partial charge in [-0.3, -0.25) is 0 Å². The summed E-state index contributed by atoms with van der Waals surface area (Å²) in [7, 11) is 0. The normalized spacial score (nSPS) is 40.2. The van der Waals surface area contributed by atoms with Crippen molar-refractivity contribution in [1.29, 1.82) is 0 Å². The predicted octanol–water partition coefficient (Wildman–Crippen LogP) is 3.67. The first-order valence-electron chi connectivity index (χ1n) is 8.36. The lowest BCUT2D eigenvalue weighted by Gasteiger charge is -2.24. The Hall–Kier alpha value is -1.16. The standard InChI is InChI=1S/C20H32O3/c1-14(2)17-9-8-15(3)7-6-10-20(5,23)13-18(21)11-16(4)19(22)12-17/h6,8,10-11,17-19,21-23H,1,7,9,12-13H2,2-5H3/b10-6-,15-8-,16-11-/t17-,18-,19-,20+/m0/s1. The zero-order valence-corrected chi connectivity index (χ0v) is 14.9. The van der Waals surface area contributed by atoms with Crippen LogP contribution in [-0.4, -0.2) is 33.1 Å². The smallest absolute Gasteiger partial charge is 0.0827 e. The highest BCUT2D eigenvalue weighted by molar-refractivity contribution is 5.15. The maximum absolute atomic E-state index is 10.4. The Balaban J connectivity index is 3.07. The van der Waals surface area contributed by atoms with Gasteiger partial charge in [-0.2, -0.15) is 0 Å². The minimum absolute atomic E-state index is 0.209. The highest BCUT2D eigenvalue weighted by atomic mass is 16.3. The first-order chi connectivity index (χ1) is 10.6. The molecule has 0 aromatic rings. The molecule has 0 radical (unpaired) electrons. The van der Waals surface area contributed by atoms with E-state index in [1.54, 1.807) is 19.1 Å². The van der Waals surface area contributed by atoms with Crippen LogP contribution >= 0.6 is 0 Å². The Labute approximate surface area is 140 Å². The van der Waals surface area contributed by atoms with E-state index in [9.17, 15) is 15.3 Å². The average Bonchev–Trinajstić information content (AvgIpc) is 2.40. The van der Waals surface area contributed by atoms with Gasteiger partial charge in [-0.05, 0) is 58.4 Å². The third kappa shape index (κ3) is 7.30. The van der Waals surface area contributed by atoms with Crippen molar-refractivity contribution in [2.24, 2.45) is 5.92 Å². The zero-order chi connectivity index (χ0) is 17.6. The highest BCUT2D eigenvalue weighted by Gasteiger charge is 2.22. The maximum Gasteiger partial charge on any atom is 0.0827 e. The summed E-state index contributed by atoms with van der Waals surface area (Å²) < 4.78 is 0. The van der Waals surface area contributed by atoms with Gasteiger partial charge in [-0.25, -0.2) is 0 Å². The summed E-state index contributed by atoms with van der Waals surface area (Å²) in [6.45, 7) is 11.6. The molecule has 23 heavy (non-hydrogen) atoms. The van der Waals surface area contributed by atoms with Crippen LogP contribution in [0.25, 0.3) is 0 Å². The predicted molar refractivity (Wildman–Crippen MR) is 96.1 cm³/mol. The minimum Gasteiger partial charge on any atom is -0.389 e. The number of aliphatic hydroxyl groups is 3. The Kier molecular flexibility index (Phi) is 7.46. The summed E-state index contributed by atoms with van der Waals surface area (Å²) in [5, 5.41) is 30.9. The van der Waals surface area contributed by atoms with Crippen LogP contribution in [0.5, 0.6) is 0 Å². The fourth-order valence-corrected chi connectivity index (χ4v) is 2.84. The van der Waals surface area contributed by atoms with Crippen molar-refractivity contribution in [3.63, 3.8) is 0 Å². The Bertz CT molecular complexity index is 497. The van der Waals surface area contributed by atoms with Gasteiger partial charge in [-0.15, -0.1) is 0 Å². The molecule has 1 rings (SSSR count). The third-order valence-corrected chi connectivity index (χ3v) is 4.48. The van der Waals surface area contributed by atoms with E-state index < -0.39 is 17.8 Å². The van der Waals surface area contributed by atoms with Crippen molar-refractivity contribution < 1.29 is 15.3 Å². The molecule has 4 atom stereocenters. The van der Waals surface area contributed by atoms with E-state index >= 15 is 0 Å². The van der Waals surface area contributed by atoms with Gasteiger partial charge in [0.1, 0.15) is 0 Å². The largest absolute Gasteiger partial charge is 0.389 e. The molecule has 3 nitrogen and oxygen atoms in total. The van der Waals surface area contributed by atoms with Crippen molar-refractivity contribution in [3.8, 4) is 0 Å². The van der Waals surface area contributed by atoms with Gasteiger partial charge < -0.3 is 15.3 Å². The van der Waals surface area contributed by atoms with Crippen LogP contribution in [0.1, 0.15) is 53.4 Å². The van der Waals surface area contributed by atoms with Gasteiger partial charge in [0.15, 0.2) is 0 Å². The number of aliphatic hydroxyl groups excluding tert-OH is 2. The zero-order valence-electron chi connectivity index (χ0n) is 14.9. The SMILES string of the molecule is C=C(C)[C@H]1C/C=C(/C)C/C=C\[C@@](C)(O)C[C@@H](O)/C=C(/C)[C@@H](O)C1. The second-order valence-corrected chi connectivity index (χ2v) is 7.23. The van der Waals surface area contributed by atoms with Crippen LogP contribution in [0, 0.1) is 5.92 Å². The first kappa shape index (κ1) is 19.9. The molecule has 0 heterocycles. The summed E-state index contributed by atoms with van der Waals surface area (Å²) in [6.07, 6.45) is 8.56. The molecule has 3 heteroatoms. The van der Waals surface area contributed by atoms with E-state index in [1.807, 2.05) is 19.9 Å². The van der Waals surface area contributed by atoms with Crippen molar-refractivity contribution in [2.75, 3.05) is 0 Å². The molecular weight excluding hydrogens is 288 g/mol. The Morgan fingerprint density at radius 2 is 1.96 bits per heavy atom. The molecule has 1 aliphatic rings. The van der Waals surface area contributed by atoms with Crippen molar-refractivity contribution in [3.05, 3.63) is 47.6 Å². The second kappa shape index (κ2) is 8.62. The number of allylic oxidation sites excluding steroid dienone is 4. The maximum atomic E-state index is 10.4. The number of hydrogen-bond donors (Lipinski definition) is 3. The number of rotatable bonds is 1. The van der Waals surface area contributed by atoms with E-state index in [-0.39, 0.29) is 12.3 Å². The molecular formula is C20H32O3. The summed E-state index contributed by atoms with van der Waals surface area (Å²) in [6, 6.07) is 0. The van der Waals surface area contributed by atoms with E-state index in [4.69, 9.17) is 0 Å². The Morgan fingerprint density at radius 1 is 1.30 bits per heavy atom. The average molecular weight is 320 g/mol. The lowest BCUT2D eigenvalue weighted by Crippen LogP contribution is -2.27. The van der Waals surface area contributed by atoms with E-state index in [0.717, 1.165) is 24.0 Å². The molecule has 0 aromatic heterocycles. The van der Waals surface area contributed by atoms with Crippen molar-refractivity contribution >= 4 is 0 Å². The molecule has 0 aliphatic heterocycles. The van der Waals surface area contributed by atoms with Gasteiger partial charge in [0.2, 0.25) is 0 Å². The molecule has 0 bridgehead atoms. The van der Waals surface area contributed by atoms with Crippen LogP contribution in [-0.2, 0) is 0 Å². The molecule has 0 saturated heterocycles. The fourth-order valence-electron chi connectivity index (χ4n) is 2.84. The van der Waals surface area contributed by atoms with Crippen molar-refractivity contribution in [1.82, 2.24) is 0 Å². The van der Waals surface area contributed by atoms with Gasteiger partial charge in [0, 0.05) is 6.42 Å². The first-order valence-corrected chi connectivity index (χ1v) is 8.36. The van der Waals surface area contributed by atoms with E-state index in [2.05, 4.69) is 19.6 Å². The molecule has 1 aliphatic carbocycles. The monoisotopic (exact) mass is 320 g/mol. The van der Waals surface area contributed by atoms with Gasteiger partial charge >= 0.3 is 0 Å². The Morgan fingerprint density at radius 3 is 2.57 bits per heavy atom. The summed E-state index contributed by atoms with van der Waals surface area (Å²) in [5.74, 6) is 0.218. The van der Waals surface area contributed by atoms with Crippen LogP contribution in [0.3, 0.4) is 0 Å². The van der Waals surface area contributed by atoms with Gasteiger partial charge in [0.05, 0.1) is 17.8 Å². The molecule has 0 unspecified atom stereocenters. The molecule has 3 N–H and O–H groups in total. The van der Waals surface area contributed by atoms with E-state index in [0.29, 0.717) is 6.42 Å². The summed E-state index contributed by atoms with van der Waals surface area (Å²) >= 11 is 0. The summed E-state index contributed by atoms with van der Waals surface area (Å²) in [4.78, 5) is 0. The minimum atomic E-state index is -1.06. The molecule has 130 valence electrons. The quantitative estimate of drug-likeness (QED) is 0.646. The van der Waals surface area contributed by atoms with E-state index in [1.165, 1.54) is 5.57 Å². The van der Waals surface area contributed by atoms with Gasteiger partial charge in [0.25, 0.3) is 0 Å². The topological polar surface area (TPSA) is 60.7 Å². The van der Waals surface area contributed by atoms with Crippen molar-refractivity contribution in [2.45, 2.75) is 71.2 Å². The lowest BCUT2D eigenvalue weighted by molar-refractivity contribution is 0.0562.